The van der Waals surface area contributed by atoms with Gasteiger partial charge < -0.3 is 0 Å². The second kappa shape index (κ2) is 15.5. The maximum atomic E-state index is 13.9. The van der Waals surface area contributed by atoms with E-state index in [0.29, 0.717) is 22.3 Å². The monoisotopic (exact) mass is 836 g/mol. The summed E-state index contributed by atoms with van der Waals surface area (Å²) in [7, 11) is 0. The summed E-state index contributed by atoms with van der Waals surface area (Å²) in [6.07, 6.45) is 0. The molecule has 0 amide bonds. The largest absolute Gasteiger partial charge is 0.204 e. The van der Waals surface area contributed by atoms with Crippen molar-refractivity contribution in [1.29, 1.82) is 0 Å². The van der Waals surface area contributed by atoms with Crippen LogP contribution in [0.5, 0.6) is 0 Å². The van der Waals surface area contributed by atoms with E-state index in [1.807, 2.05) is 13.8 Å². The van der Waals surface area contributed by atoms with Crippen LogP contribution in [0, 0.1) is 90.3 Å². The summed E-state index contributed by atoms with van der Waals surface area (Å²) in [5.41, 5.74) is 14.0. The van der Waals surface area contributed by atoms with E-state index in [1.54, 1.807) is 38.1 Å². The van der Waals surface area contributed by atoms with Crippen molar-refractivity contribution >= 4 is 31.9 Å². The van der Waals surface area contributed by atoms with Crippen molar-refractivity contribution < 1.29 is 26.3 Å². The molecule has 8 heteroatoms. The Balaban J connectivity index is 0.000000244. The van der Waals surface area contributed by atoms with Crippen molar-refractivity contribution in [1.82, 2.24) is 0 Å². The maximum absolute atomic E-state index is 13.9. The molecule has 6 aromatic rings. The lowest BCUT2D eigenvalue weighted by Crippen LogP contribution is -2.00. The van der Waals surface area contributed by atoms with Crippen LogP contribution in [0.25, 0.3) is 44.5 Å². The van der Waals surface area contributed by atoms with Gasteiger partial charge in [0.1, 0.15) is 0 Å². The SMILES string of the molecule is Cc1ccc(-c2cc(F)c(F)c(F)c2)c(C)c1-c1c(C)ccc(-c2cc(F)c(F)c(F)c2)c1C.Cc1ccc(Br)c(C)c1-c1c(C)ccc(Br)c1C. The maximum Gasteiger partial charge on any atom is 0.194 e. The van der Waals surface area contributed by atoms with Gasteiger partial charge in [-0.25, -0.2) is 26.3 Å². The highest BCUT2D eigenvalue weighted by Gasteiger charge is 2.21. The van der Waals surface area contributed by atoms with E-state index in [2.05, 4.69) is 83.8 Å². The molecule has 0 aliphatic carbocycles. The molecule has 0 N–H and O–H groups in total. The lowest BCUT2D eigenvalue weighted by atomic mass is 9.83. The van der Waals surface area contributed by atoms with Crippen molar-refractivity contribution in [2.45, 2.75) is 55.4 Å². The summed E-state index contributed by atoms with van der Waals surface area (Å²) in [6, 6.07) is 19.4. The molecule has 0 nitrogen and oxygen atoms in total. The normalized spacial score (nSPS) is 11.1. The quantitative estimate of drug-likeness (QED) is 0.123. The lowest BCUT2D eigenvalue weighted by Gasteiger charge is -2.21. The zero-order chi connectivity index (χ0) is 38.3. The average Bonchev–Trinajstić information content (AvgIpc) is 3.09. The van der Waals surface area contributed by atoms with Gasteiger partial charge in [0, 0.05) is 8.95 Å². The molecule has 6 aromatic carbocycles. The predicted octanol–water partition coefficient (Wildman–Crippen LogP) is 14.9. The molecule has 0 radical (unpaired) electrons. The van der Waals surface area contributed by atoms with Gasteiger partial charge in [-0.1, -0.05) is 68.3 Å². The van der Waals surface area contributed by atoms with Gasteiger partial charge in [0.2, 0.25) is 0 Å². The molecular weight excluding hydrogens is 802 g/mol. The molecule has 0 aliphatic heterocycles. The highest BCUT2D eigenvalue weighted by Crippen LogP contribution is 2.42. The Morgan fingerprint density at radius 2 is 0.596 bits per heavy atom. The summed E-state index contributed by atoms with van der Waals surface area (Å²) < 4.78 is 85.0. The summed E-state index contributed by atoms with van der Waals surface area (Å²) in [5, 5.41) is 0. The van der Waals surface area contributed by atoms with Crippen LogP contribution in [0.2, 0.25) is 0 Å². The van der Waals surface area contributed by atoms with E-state index in [4.69, 9.17) is 0 Å². The van der Waals surface area contributed by atoms with Crippen LogP contribution in [0.1, 0.15) is 44.5 Å². The van der Waals surface area contributed by atoms with E-state index in [-0.39, 0.29) is 11.1 Å². The molecule has 52 heavy (non-hydrogen) atoms. The fourth-order valence-electron chi connectivity index (χ4n) is 6.92. The highest BCUT2D eigenvalue weighted by molar-refractivity contribution is 9.10. The first kappa shape index (κ1) is 39.1. The number of benzene rings is 6. The molecule has 0 heterocycles. The first-order valence-electron chi connectivity index (χ1n) is 16.5. The zero-order valence-electron chi connectivity index (χ0n) is 30.0. The van der Waals surface area contributed by atoms with Crippen LogP contribution in [-0.4, -0.2) is 0 Å². The third-order valence-electron chi connectivity index (χ3n) is 9.65. The van der Waals surface area contributed by atoms with Gasteiger partial charge in [0.25, 0.3) is 0 Å². The van der Waals surface area contributed by atoms with E-state index in [1.165, 1.54) is 42.3 Å². The van der Waals surface area contributed by atoms with Crippen LogP contribution in [0.3, 0.4) is 0 Å². The lowest BCUT2D eigenvalue weighted by molar-refractivity contribution is 0.447. The molecule has 0 aromatic heterocycles. The van der Waals surface area contributed by atoms with Crippen LogP contribution in [0.15, 0.2) is 81.7 Å². The van der Waals surface area contributed by atoms with Gasteiger partial charge in [-0.2, -0.15) is 0 Å². The van der Waals surface area contributed by atoms with Gasteiger partial charge in [-0.3, -0.25) is 0 Å². The molecule has 0 saturated heterocycles. The molecule has 0 saturated carbocycles. The molecule has 0 fully saturated rings. The number of rotatable bonds is 4. The summed E-state index contributed by atoms with van der Waals surface area (Å²) in [4.78, 5) is 0. The van der Waals surface area contributed by atoms with E-state index < -0.39 is 34.9 Å². The smallest absolute Gasteiger partial charge is 0.194 e. The number of halogens is 8. The minimum Gasteiger partial charge on any atom is -0.204 e. The molecule has 0 aliphatic rings. The Morgan fingerprint density at radius 1 is 0.346 bits per heavy atom. The second-order valence-corrected chi connectivity index (χ2v) is 14.8. The van der Waals surface area contributed by atoms with Crippen LogP contribution in [0.4, 0.5) is 26.3 Å². The minimum absolute atomic E-state index is 0.185. The van der Waals surface area contributed by atoms with Gasteiger partial charge in [0.15, 0.2) is 34.9 Å². The first-order valence-corrected chi connectivity index (χ1v) is 18.0. The van der Waals surface area contributed by atoms with Crippen molar-refractivity contribution in [3.63, 3.8) is 0 Å². The predicted molar refractivity (Wildman–Crippen MR) is 208 cm³/mol. The van der Waals surface area contributed by atoms with Crippen molar-refractivity contribution in [3.05, 3.63) is 161 Å². The van der Waals surface area contributed by atoms with Crippen LogP contribution in [-0.2, 0) is 0 Å². The zero-order valence-corrected chi connectivity index (χ0v) is 33.1. The number of hydrogen-bond donors (Lipinski definition) is 0. The average molecular weight is 839 g/mol. The first-order chi connectivity index (χ1) is 24.4. The molecular formula is C44H36Br2F6. The number of aryl methyl sites for hydroxylation is 4. The van der Waals surface area contributed by atoms with Gasteiger partial charge in [-0.15, -0.1) is 0 Å². The van der Waals surface area contributed by atoms with E-state index >= 15 is 0 Å². The van der Waals surface area contributed by atoms with Crippen LogP contribution < -0.4 is 0 Å². The fourth-order valence-corrected chi connectivity index (χ4v) is 7.58. The molecule has 0 atom stereocenters. The van der Waals surface area contributed by atoms with Crippen molar-refractivity contribution in [3.8, 4) is 44.5 Å². The third kappa shape index (κ3) is 7.38. The Labute approximate surface area is 317 Å². The number of hydrogen-bond acceptors (Lipinski definition) is 0. The standard InChI is InChI=1S/C28H20F6.C16H16Br2/c1-13-5-7-19(17-9-21(29)27(33)22(30)10-17)15(3)25(13)26-14(2)6-8-20(16(26)4)18-11-23(31)28(34)24(32)12-18;1-9-5-7-13(17)11(3)15(9)16-10(2)6-8-14(18)12(16)4/h5-12H,1-4H3;5-8H,1-4H3. The van der Waals surface area contributed by atoms with E-state index in [9.17, 15) is 26.3 Å². The molecule has 268 valence electrons. The molecule has 0 unspecified atom stereocenters. The fraction of sp³-hybridized carbons (Fsp3) is 0.182. The summed E-state index contributed by atoms with van der Waals surface area (Å²) >= 11 is 7.27. The topological polar surface area (TPSA) is 0 Å². The Morgan fingerprint density at radius 3 is 0.885 bits per heavy atom. The Hall–Kier alpha value is -4.14. The third-order valence-corrected chi connectivity index (χ3v) is 11.4. The highest BCUT2D eigenvalue weighted by atomic mass is 79.9. The summed E-state index contributed by atoms with van der Waals surface area (Å²) in [5.74, 6) is -8.21. The van der Waals surface area contributed by atoms with Crippen molar-refractivity contribution in [2.75, 3.05) is 0 Å². The van der Waals surface area contributed by atoms with Gasteiger partial charge >= 0.3 is 0 Å². The summed E-state index contributed by atoms with van der Waals surface area (Å²) in [6.45, 7) is 16.0. The molecule has 6 rings (SSSR count). The van der Waals surface area contributed by atoms with Crippen LogP contribution >= 0.6 is 31.9 Å². The van der Waals surface area contributed by atoms with Crippen molar-refractivity contribution in [2.24, 2.45) is 0 Å². The van der Waals surface area contributed by atoms with Gasteiger partial charge in [-0.05, 0) is 181 Å². The Kier molecular flexibility index (Phi) is 11.6. The minimum atomic E-state index is -1.54. The van der Waals surface area contributed by atoms with Gasteiger partial charge in [0.05, 0.1) is 0 Å². The Bertz CT molecular complexity index is 2170. The molecule has 0 spiro atoms. The molecule has 0 bridgehead atoms. The van der Waals surface area contributed by atoms with E-state index in [0.717, 1.165) is 46.5 Å². The second-order valence-electron chi connectivity index (χ2n) is 13.1.